The summed E-state index contributed by atoms with van der Waals surface area (Å²) in [4.78, 5) is 23.1. The molecule has 8 nitrogen and oxygen atoms in total. The number of carbonyl (C=O) groups is 1. The highest BCUT2D eigenvalue weighted by Gasteiger charge is 2.27. The van der Waals surface area contributed by atoms with E-state index in [0.717, 1.165) is 70.6 Å². The first kappa shape index (κ1) is 67.7. The van der Waals surface area contributed by atoms with Crippen molar-refractivity contribution in [1.82, 2.24) is 5.32 Å². The summed E-state index contributed by atoms with van der Waals surface area (Å²) < 4.78 is 23.5. The van der Waals surface area contributed by atoms with Crippen LogP contribution in [0.2, 0.25) is 0 Å². The first-order valence-electron chi connectivity index (χ1n) is 28.9. The number of nitrogens with one attached hydrogen (secondary N) is 1. The van der Waals surface area contributed by atoms with Crippen LogP contribution in [0.3, 0.4) is 0 Å². The largest absolute Gasteiger partial charge is 0.472 e. The molecule has 0 saturated carbocycles. The zero-order valence-electron chi connectivity index (χ0n) is 46.2. The van der Waals surface area contributed by atoms with E-state index in [2.05, 4.69) is 85.2 Å². The molecule has 3 N–H and O–H groups in total. The van der Waals surface area contributed by atoms with E-state index in [9.17, 15) is 19.4 Å². The van der Waals surface area contributed by atoms with E-state index in [4.69, 9.17) is 9.05 Å². The zero-order valence-corrected chi connectivity index (χ0v) is 47.1. The molecule has 9 heteroatoms. The molecule has 0 bridgehead atoms. The number of phosphoric acid groups is 1. The minimum Gasteiger partial charge on any atom is -0.387 e. The standard InChI is InChI=1S/C61H111N2O6P/c1-6-8-10-12-14-16-17-18-19-20-21-22-23-24-25-26-27-28-29-30-31-32-33-34-35-36-37-38-39-40-41-42-43-44-45-47-49-51-53-55-61(65)62-59(58-69-70(66,67)68-57-56-63(3,4)5)60(64)54-52-50-48-46-15-13-11-9-7-2/h7-10,14-16,18-19,21-22,46,52,54,59-60,64H,6,11-13,17,20,23-45,47-51,53,55-58H2,1-5H3,(H-,62,65,66,67)/p+1/b9-7+,10-8-,16-14-,19-18-,22-21-,46-15+,54-52+. The second-order valence-electron chi connectivity index (χ2n) is 20.6. The van der Waals surface area contributed by atoms with Gasteiger partial charge in [-0.15, -0.1) is 0 Å². The third-order valence-electron chi connectivity index (χ3n) is 12.7. The van der Waals surface area contributed by atoms with E-state index in [1.165, 1.54) is 154 Å². The molecule has 0 aromatic heterocycles. The molecule has 0 aromatic rings. The maximum atomic E-state index is 12.9. The Kier molecular flexibility index (Phi) is 49.9. The molecule has 0 aromatic carbocycles. The molecule has 0 aliphatic rings. The highest BCUT2D eigenvalue weighted by molar-refractivity contribution is 7.47. The highest BCUT2D eigenvalue weighted by atomic mass is 31.2. The van der Waals surface area contributed by atoms with Crippen LogP contribution < -0.4 is 5.32 Å². The molecular weight excluding hydrogens is 888 g/mol. The van der Waals surface area contributed by atoms with Crippen LogP contribution in [-0.4, -0.2) is 73.4 Å². The van der Waals surface area contributed by atoms with Crippen molar-refractivity contribution in [1.29, 1.82) is 0 Å². The smallest absolute Gasteiger partial charge is 0.387 e. The Labute approximate surface area is 433 Å². The van der Waals surface area contributed by atoms with E-state index in [0.29, 0.717) is 17.4 Å². The summed E-state index contributed by atoms with van der Waals surface area (Å²) in [7, 11) is 1.54. The van der Waals surface area contributed by atoms with E-state index < -0.39 is 20.0 Å². The van der Waals surface area contributed by atoms with Crippen molar-refractivity contribution in [2.45, 2.75) is 257 Å². The fraction of sp³-hybridized carbons (Fsp3) is 0.754. The average Bonchev–Trinajstić information content (AvgIpc) is 3.32. The molecule has 0 spiro atoms. The Bertz CT molecular complexity index is 1410. The Balaban J connectivity index is 3.82. The van der Waals surface area contributed by atoms with Gasteiger partial charge in [0.05, 0.1) is 39.9 Å². The number of carbonyl (C=O) groups excluding carboxylic acids is 1. The summed E-state index contributed by atoms with van der Waals surface area (Å²) in [6, 6.07) is -0.868. The number of unbranched alkanes of at least 4 members (excludes halogenated alkanes) is 28. The lowest BCUT2D eigenvalue weighted by Crippen LogP contribution is -2.45. The maximum absolute atomic E-state index is 12.9. The fourth-order valence-electron chi connectivity index (χ4n) is 8.19. The lowest BCUT2D eigenvalue weighted by atomic mass is 10.0. The number of nitrogens with zero attached hydrogens (tertiary/aromatic N) is 1. The number of allylic oxidation sites excluding steroid dienone is 13. The number of amides is 1. The van der Waals surface area contributed by atoms with Crippen LogP contribution in [-0.2, 0) is 18.4 Å². The average molecular weight is 1000 g/mol. The topological polar surface area (TPSA) is 105 Å². The number of aliphatic hydroxyl groups is 1. The molecule has 3 atom stereocenters. The van der Waals surface area contributed by atoms with Crippen molar-refractivity contribution in [2.24, 2.45) is 0 Å². The van der Waals surface area contributed by atoms with Gasteiger partial charge in [0, 0.05) is 6.42 Å². The number of likely N-dealkylation sites (N-methyl/N-ethyl adjacent to an activating group) is 1. The number of rotatable bonds is 52. The molecule has 406 valence electrons. The zero-order chi connectivity index (χ0) is 51.3. The fourth-order valence-corrected chi connectivity index (χ4v) is 8.93. The maximum Gasteiger partial charge on any atom is 0.472 e. The molecule has 70 heavy (non-hydrogen) atoms. The SMILES string of the molecule is C/C=C/CC/C=C/CC/C=C/C(O)C(COP(=O)(O)OCC[N+](C)(C)C)NC(=O)CCCCCCCCCCCCCCCCCCCCCCCCCCCC/C=C\C/C=C\C/C=C\C/C=C\CC. The number of aliphatic hydroxyl groups excluding tert-OH is 1. The third-order valence-corrected chi connectivity index (χ3v) is 13.7. The summed E-state index contributed by atoms with van der Waals surface area (Å²) in [5.41, 5.74) is 0. The van der Waals surface area contributed by atoms with Crippen molar-refractivity contribution in [2.75, 3.05) is 40.9 Å². The summed E-state index contributed by atoms with van der Waals surface area (Å²) >= 11 is 0. The van der Waals surface area contributed by atoms with Crippen molar-refractivity contribution in [3.8, 4) is 0 Å². The highest BCUT2D eigenvalue weighted by Crippen LogP contribution is 2.43. The van der Waals surface area contributed by atoms with Crippen LogP contribution in [0.4, 0.5) is 0 Å². The number of hydrogen-bond donors (Lipinski definition) is 3. The van der Waals surface area contributed by atoms with Gasteiger partial charge in [-0.25, -0.2) is 4.57 Å². The Morgan fingerprint density at radius 1 is 0.514 bits per heavy atom. The lowest BCUT2D eigenvalue weighted by molar-refractivity contribution is -0.870. The van der Waals surface area contributed by atoms with Crippen LogP contribution in [0, 0.1) is 0 Å². The molecular formula is C61H112N2O6P+. The van der Waals surface area contributed by atoms with E-state index in [1.54, 1.807) is 6.08 Å². The summed E-state index contributed by atoms with van der Waals surface area (Å²) in [6.45, 7) is 4.44. The minimum absolute atomic E-state index is 0.0521. The number of quaternary nitrogens is 1. The van der Waals surface area contributed by atoms with Gasteiger partial charge >= 0.3 is 7.82 Å². The molecule has 0 aliphatic heterocycles. The third kappa shape index (κ3) is 53.5. The van der Waals surface area contributed by atoms with Gasteiger partial charge in [-0.05, 0) is 77.6 Å². The van der Waals surface area contributed by atoms with Gasteiger partial charge in [-0.1, -0.05) is 246 Å². The van der Waals surface area contributed by atoms with Gasteiger partial charge < -0.3 is 19.8 Å². The van der Waals surface area contributed by atoms with Gasteiger partial charge in [0.25, 0.3) is 0 Å². The van der Waals surface area contributed by atoms with Crippen LogP contribution >= 0.6 is 7.82 Å². The number of hydrogen-bond acceptors (Lipinski definition) is 5. The molecule has 0 radical (unpaired) electrons. The van der Waals surface area contributed by atoms with Crippen LogP contribution in [0.1, 0.15) is 245 Å². The first-order chi connectivity index (χ1) is 34.0. The number of phosphoric ester groups is 1. The summed E-state index contributed by atoms with van der Waals surface area (Å²) in [5, 5.41) is 13.8. The van der Waals surface area contributed by atoms with Crippen molar-refractivity contribution in [3.05, 3.63) is 85.1 Å². The second kappa shape index (κ2) is 51.6. The van der Waals surface area contributed by atoms with Crippen LogP contribution in [0.5, 0.6) is 0 Å². The quantitative estimate of drug-likeness (QED) is 0.0243. The Morgan fingerprint density at radius 2 is 0.886 bits per heavy atom. The van der Waals surface area contributed by atoms with Gasteiger partial charge in [0.2, 0.25) is 5.91 Å². The molecule has 0 fully saturated rings. The first-order valence-corrected chi connectivity index (χ1v) is 30.4. The molecule has 0 heterocycles. The summed E-state index contributed by atoms with van der Waals surface area (Å²) in [6.07, 6.45) is 73.3. The second-order valence-corrected chi connectivity index (χ2v) is 22.1. The summed E-state index contributed by atoms with van der Waals surface area (Å²) in [5.74, 6) is -0.193. The molecule has 0 rings (SSSR count). The van der Waals surface area contributed by atoms with Crippen molar-refractivity contribution < 1.29 is 32.9 Å². The lowest BCUT2D eigenvalue weighted by Gasteiger charge is -2.25. The van der Waals surface area contributed by atoms with Gasteiger partial charge in [-0.3, -0.25) is 13.8 Å². The molecule has 3 unspecified atom stereocenters. The minimum atomic E-state index is -4.35. The van der Waals surface area contributed by atoms with Crippen molar-refractivity contribution in [3.63, 3.8) is 0 Å². The van der Waals surface area contributed by atoms with Crippen molar-refractivity contribution >= 4 is 13.7 Å². The molecule has 0 saturated heterocycles. The van der Waals surface area contributed by atoms with E-state index >= 15 is 0 Å². The monoisotopic (exact) mass is 1000 g/mol. The molecule has 0 aliphatic carbocycles. The van der Waals surface area contributed by atoms with Crippen LogP contribution in [0.25, 0.3) is 0 Å². The predicted molar refractivity (Wildman–Crippen MR) is 304 cm³/mol. The predicted octanol–water partition coefficient (Wildman–Crippen LogP) is 17.6. The molecule has 1 amide bonds. The Morgan fingerprint density at radius 3 is 1.31 bits per heavy atom. The van der Waals surface area contributed by atoms with Gasteiger partial charge in [-0.2, -0.15) is 0 Å². The Hall–Kier alpha value is -2.32. The van der Waals surface area contributed by atoms with Gasteiger partial charge in [0.1, 0.15) is 13.2 Å². The van der Waals surface area contributed by atoms with Gasteiger partial charge in [0.15, 0.2) is 0 Å². The van der Waals surface area contributed by atoms with Crippen LogP contribution in [0.15, 0.2) is 85.1 Å². The normalized spacial score (nSPS) is 14.6. The van der Waals surface area contributed by atoms with E-state index in [1.807, 2.05) is 34.1 Å². The van der Waals surface area contributed by atoms with E-state index in [-0.39, 0.29) is 19.1 Å².